The van der Waals surface area contributed by atoms with E-state index in [1.54, 1.807) is 25.8 Å². The van der Waals surface area contributed by atoms with Crippen LogP contribution in [0.25, 0.3) is 11.1 Å². The third kappa shape index (κ3) is 7.74. The molecule has 7 rings (SSSR count). The molecule has 2 amide bonds. The summed E-state index contributed by atoms with van der Waals surface area (Å²) in [5, 5.41) is 5.69. The Labute approximate surface area is 300 Å². The summed E-state index contributed by atoms with van der Waals surface area (Å²) in [5.41, 5.74) is 6.94. The van der Waals surface area contributed by atoms with Crippen LogP contribution in [-0.4, -0.2) is 91.9 Å². The van der Waals surface area contributed by atoms with Crippen molar-refractivity contribution < 1.29 is 19.1 Å². The van der Waals surface area contributed by atoms with E-state index in [1.165, 1.54) is 5.56 Å². The fourth-order valence-corrected chi connectivity index (χ4v) is 8.27. The van der Waals surface area contributed by atoms with Gasteiger partial charge in [0.15, 0.2) is 0 Å². The second-order valence-corrected chi connectivity index (χ2v) is 14.6. The van der Waals surface area contributed by atoms with Gasteiger partial charge in [0.25, 0.3) is 5.56 Å². The number of rotatable bonds is 11. The lowest BCUT2D eigenvalue weighted by Crippen LogP contribution is -2.47. The highest BCUT2D eigenvalue weighted by Crippen LogP contribution is 2.39. The molecule has 3 fully saturated rings. The Morgan fingerprint density at radius 3 is 2.16 bits per heavy atom. The van der Waals surface area contributed by atoms with Gasteiger partial charge in [-0.25, -0.2) is 0 Å². The molecule has 51 heavy (non-hydrogen) atoms. The van der Waals surface area contributed by atoms with Gasteiger partial charge in [-0.3, -0.25) is 24.7 Å². The van der Waals surface area contributed by atoms with Gasteiger partial charge in [0.05, 0.1) is 20.8 Å². The van der Waals surface area contributed by atoms with Crippen molar-refractivity contribution in [2.75, 3.05) is 58.8 Å². The first-order valence-corrected chi connectivity index (χ1v) is 18.4. The minimum Gasteiger partial charge on any atom is -0.496 e. The first-order chi connectivity index (χ1) is 24.8. The van der Waals surface area contributed by atoms with Crippen LogP contribution >= 0.6 is 0 Å². The smallest absolute Gasteiger partial charge is 0.256 e. The van der Waals surface area contributed by atoms with E-state index in [-0.39, 0.29) is 23.4 Å². The zero-order valence-corrected chi connectivity index (χ0v) is 30.1. The number of likely N-dealkylation sites (tertiary alicyclic amines) is 2. The summed E-state index contributed by atoms with van der Waals surface area (Å²) in [5.74, 6) is 2.33. The van der Waals surface area contributed by atoms with Crippen molar-refractivity contribution >= 4 is 23.7 Å². The molecule has 0 bridgehead atoms. The number of benzene rings is 2. The molecule has 3 saturated heterocycles. The fourth-order valence-electron chi connectivity index (χ4n) is 8.27. The molecular formula is C40H50N6O5. The number of amides is 2. The highest BCUT2D eigenvalue weighted by molar-refractivity contribution is 6.01. The number of nitrogens with zero attached hydrogens (tertiary/aromatic N) is 4. The molecule has 11 heteroatoms. The topological polar surface area (TPSA) is 118 Å². The summed E-state index contributed by atoms with van der Waals surface area (Å²) < 4.78 is 13.5. The number of pyridine rings is 1. The van der Waals surface area contributed by atoms with Crippen LogP contribution < -0.4 is 25.7 Å². The second-order valence-electron chi connectivity index (χ2n) is 14.6. The number of aliphatic imine (C=N–C) groups is 1. The molecule has 4 aliphatic rings. The van der Waals surface area contributed by atoms with E-state index in [9.17, 15) is 14.4 Å². The summed E-state index contributed by atoms with van der Waals surface area (Å²) in [6, 6.07) is 12.3. The number of carbonyl (C=O) groups excluding carboxylic acids is 2. The Bertz CT molecular complexity index is 1810. The lowest BCUT2D eigenvalue weighted by atomic mass is 9.88. The van der Waals surface area contributed by atoms with Gasteiger partial charge in [-0.15, -0.1) is 0 Å². The van der Waals surface area contributed by atoms with E-state index in [1.807, 2.05) is 12.4 Å². The van der Waals surface area contributed by atoms with Crippen molar-refractivity contribution in [2.45, 2.75) is 63.5 Å². The van der Waals surface area contributed by atoms with Crippen LogP contribution in [0, 0.1) is 5.92 Å². The van der Waals surface area contributed by atoms with E-state index in [0.717, 1.165) is 116 Å². The van der Waals surface area contributed by atoms with Gasteiger partial charge in [-0.05, 0) is 112 Å². The predicted octanol–water partition coefficient (Wildman–Crippen LogP) is 4.35. The molecular weight excluding hydrogens is 644 g/mol. The number of methoxy groups -OCH3 is 2. The normalized spacial score (nSPS) is 20.3. The summed E-state index contributed by atoms with van der Waals surface area (Å²) >= 11 is 0. The summed E-state index contributed by atoms with van der Waals surface area (Å²) in [6.45, 7) is 7.06. The molecule has 1 atom stereocenters. The third-order valence-corrected chi connectivity index (χ3v) is 11.4. The van der Waals surface area contributed by atoms with Gasteiger partial charge < -0.3 is 29.2 Å². The van der Waals surface area contributed by atoms with E-state index in [4.69, 9.17) is 9.47 Å². The predicted molar refractivity (Wildman–Crippen MR) is 199 cm³/mol. The lowest BCUT2D eigenvalue weighted by molar-refractivity contribution is -0.133. The number of hydrogen-bond acceptors (Lipinski definition) is 9. The number of piperidine rings is 3. The van der Waals surface area contributed by atoms with E-state index in [2.05, 4.69) is 61.8 Å². The van der Waals surface area contributed by atoms with Crippen LogP contribution in [0.4, 0.5) is 5.69 Å². The lowest BCUT2D eigenvalue weighted by Gasteiger charge is -2.36. The number of aryl methyl sites for hydroxylation is 1. The van der Waals surface area contributed by atoms with Gasteiger partial charge in [0, 0.05) is 66.9 Å². The Balaban J connectivity index is 0.876. The van der Waals surface area contributed by atoms with Crippen LogP contribution in [0.15, 0.2) is 52.4 Å². The quantitative estimate of drug-likeness (QED) is 0.285. The number of anilines is 1. The summed E-state index contributed by atoms with van der Waals surface area (Å²) in [7, 11) is 5.23. The molecule has 2 aromatic carbocycles. The number of hydrogen-bond donors (Lipinski definition) is 2. The number of fused-ring (bicyclic) bond motifs is 1. The van der Waals surface area contributed by atoms with Crippen molar-refractivity contribution in [2.24, 2.45) is 18.0 Å². The molecule has 270 valence electrons. The van der Waals surface area contributed by atoms with Crippen LogP contribution in [0.2, 0.25) is 0 Å². The van der Waals surface area contributed by atoms with E-state index in [0.29, 0.717) is 31.2 Å². The van der Waals surface area contributed by atoms with Crippen molar-refractivity contribution in [3.63, 3.8) is 0 Å². The third-order valence-electron chi connectivity index (χ3n) is 11.4. The molecule has 2 N–H and O–H groups in total. The standard InChI is InChI=1S/C40H50N6O5/c1-44-25-34(32-23-41-24-33(32)40(44)49)29-21-36(50-2)31(37(22-29)51-3)20-26-10-14-45(15-11-26)18-19-46-16-12-28(13-17-46)27-4-6-30(7-5-27)42-35-8-9-38(47)43-39(35)48/h4-7,21-23,25-26,28,35,42H,8-20,24H2,1-3H3,(H,43,47,48). The molecule has 1 unspecified atom stereocenters. The average Bonchev–Trinajstić information content (AvgIpc) is 3.65. The molecule has 11 nitrogen and oxygen atoms in total. The molecule has 3 aromatic rings. The summed E-state index contributed by atoms with van der Waals surface area (Å²) in [6.07, 6.45) is 10.1. The number of ether oxygens (including phenoxy) is 2. The number of nitrogens with one attached hydrogen (secondary N) is 2. The van der Waals surface area contributed by atoms with Crippen LogP contribution in [-0.2, 0) is 29.6 Å². The first-order valence-electron chi connectivity index (χ1n) is 18.4. The van der Waals surface area contributed by atoms with Crippen molar-refractivity contribution in [3.8, 4) is 22.6 Å². The first kappa shape index (κ1) is 34.9. The van der Waals surface area contributed by atoms with Crippen molar-refractivity contribution in [3.05, 3.63) is 75.2 Å². The molecule has 0 aliphatic carbocycles. The van der Waals surface area contributed by atoms with E-state index < -0.39 is 0 Å². The van der Waals surface area contributed by atoms with Gasteiger partial charge in [0.1, 0.15) is 17.5 Å². The minimum atomic E-state index is -0.357. The SMILES string of the molecule is COc1cc(-c2cn(C)c(=O)c3c2C=NC3)cc(OC)c1CC1CCN(CCN2CCC(c3ccc(NC4CCC(=O)NC4=O)cc3)CC2)CC1. The molecule has 0 saturated carbocycles. The fraction of sp³-hybridized carbons (Fsp3) is 0.500. The zero-order chi connectivity index (χ0) is 35.5. The van der Waals surface area contributed by atoms with Gasteiger partial charge in [-0.2, -0.15) is 0 Å². The van der Waals surface area contributed by atoms with E-state index >= 15 is 0 Å². The molecule has 1 aromatic heterocycles. The van der Waals surface area contributed by atoms with Crippen LogP contribution in [0.1, 0.15) is 66.7 Å². The van der Waals surface area contributed by atoms with Crippen molar-refractivity contribution in [1.82, 2.24) is 19.7 Å². The van der Waals surface area contributed by atoms with Crippen LogP contribution in [0.5, 0.6) is 11.5 Å². The number of carbonyl (C=O) groups is 2. The van der Waals surface area contributed by atoms with Crippen molar-refractivity contribution in [1.29, 1.82) is 0 Å². The Morgan fingerprint density at radius 2 is 1.53 bits per heavy atom. The van der Waals surface area contributed by atoms with Gasteiger partial charge >= 0.3 is 0 Å². The highest BCUT2D eigenvalue weighted by atomic mass is 16.5. The van der Waals surface area contributed by atoms with Gasteiger partial charge in [0.2, 0.25) is 11.8 Å². The maximum atomic E-state index is 12.6. The Kier molecular flexibility index (Phi) is 10.6. The van der Waals surface area contributed by atoms with Crippen LogP contribution in [0.3, 0.4) is 0 Å². The molecule has 0 spiro atoms. The largest absolute Gasteiger partial charge is 0.496 e. The number of aromatic nitrogens is 1. The molecule has 4 aliphatic heterocycles. The Hall–Kier alpha value is -4.48. The maximum absolute atomic E-state index is 12.6. The molecule has 5 heterocycles. The number of imide groups is 1. The second kappa shape index (κ2) is 15.4. The van der Waals surface area contributed by atoms with Gasteiger partial charge in [-0.1, -0.05) is 12.1 Å². The zero-order valence-electron chi connectivity index (χ0n) is 30.1. The monoisotopic (exact) mass is 694 g/mol. The molecule has 0 radical (unpaired) electrons. The maximum Gasteiger partial charge on any atom is 0.256 e. The minimum absolute atomic E-state index is 0.00000821. The average molecular weight is 695 g/mol. The highest BCUT2D eigenvalue weighted by Gasteiger charge is 2.28. The summed E-state index contributed by atoms with van der Waals surface area (Å²) in [4.78, 5) is 45.8. The Morgan fingerprint density at radius 1 is 0.882 bits per heavy atom.